The number of nitrogens with one attached hydrogen (secondary N) is 1. The Morgan fingerprint density at radius 3 is 1.16 bits per heavy atom. The lowest BCUT2D eigenvalue weighted by atomic mass is 9.93. The van der Waals surface area contributed by atoms with Crippen LogP contribution in [0.25, 0.3) is 0 Å². The first-order valence-electron chi connectivity index (χ1n) is 25.5. The van der Waals surface area contributed by atoms with Crippen LogP contribution >= 0.6 is 0 Å². The van der Waals surface area contributed by atoms with E-state index in [1.54, 1.807) is 0 Å². The Bertz CT molecular complexity index is 1920. The van der Waals surface area contributed by atoms with Gasteiger partial charge in [-0.3, -0.25) is 4.79 Å². The van der Waals surface area contributed by atoms with Crippen molar-refractivity contribution in [2.24, 2.45) is 0 Å². The molecule has 36 heteroatoms. The predicted octanol–water partition coefficient (Wildman–Crippen LogP) is -15.1. The molecule has 35 atom stereocenters. The van der Waals surface area contributed by atoms with Gasteiger partial charge < -0.3 is 174 Å². The summed E-state index contributed by atoms with van der Waals surface area (Å²) < 4.78 is 74.9. The van der Waals surface area contributed by atoms with Gasteiger partial charge in [0.1, 0.15) is 165 Å². The maximum absolute atomic E-state index is 13.0. The van der Waals surface area contributed by atoms with Crippen LogP contribution in [0, 0.1) is 0 Å². The molecule has 0 saturated carbocycles. The summed E-state index contributed by atoms with van der Waals surface area (Å²) in [4.78, 5) is 13.0. The van der Waals surface area contributed by atoms with E-state index in [0.717, 1.165) is 6.92 Å². The fraction of sp³-hybridized carbons (Fsp3) is 0.977. The highest BCUT2D eigenvalue weighted by molar-refractivity contribution is 5.73. The molecule has 0 aromatic heterocycles. The van der Waals surface area contributed by atoms with Gasteiger partial charge in [-0.05, 0) is 6.92 Å². The number of hydrogen-bond acceptors (Lipinski definition) is 35. The third-order valence-electron chi connectivity index (χ3n) is 14.9. The van der Waals surface area contributed by atoms with Crippen LogP contribution in [0.4, 0.5) is 0 Å². The first-order valence-corrected chi connectivity index (χ1v) is 25.5. The van der Waals surface area contributed by atoms with Crippen molar-refractivity contribution in [3.05, 3.63) is 0 Å². The van der Waals surface area contributed by atoms with Crippen LogP contribution in [0.2, 0.25) is 0 Å². The van der Waals surface area contributed by atoms with E-state index in [2.05, 4.69) is 5.32 Å². The van der Waals surface area contributed by atoms with Gasteiger partial charge in [-0.25, -0.2) is 0 Å². The molecule has 0 bridgehead atoms. The second-order valence-electron chi connectivity index (χ2n) is 20.3. The van der Waals surface area contributed by atoms with Crippen molar-refractivity contribution in [2.75, 3.05) is 39.6 Å². The largest absolute Gasteiger partial charge is 0.394 e. The zero-order valence-corrected chi connectivity index (χ0v) is 42.6. The minimum Gasteiger partial charge on any atom is -0.394 e. The van der Waals surface area contributed by atoms with Crippen LogP contribution in [0.1, 0.15) is 13.8 Å². The molecule has 0 spiro atoms. The highest BCUT2D eigenvalue weighted by Gasteiger charge is 2.59. The number of aliphatic hydroxyl groups is 21. The van der Waals surface area contributed by atoms with E-state index >= 15 is 0 Å². The standard InChI is InChI=1S/C44H75NO35/c1-9-18(53)24(59)28(63)40(68-9)80-37-36(79-41-29(64)25(60)19(54)11(3-46)71-41)23(58)15(7-50)74-44(37)76-33-17(45-10(2)52)39(70-12(4-47)20(33)55)77-34-21(56)13(5-48)73-43(30(34)65)78-35-22(57)14(6-49)72-42(31(35)66)75-32-16(8-51)69-38(67)27(62)26(32)61/h9,11-44,46-51,53-67H,3-8H2,1-2H3,(H,45,52)/t9-,11+,12+,13+,14+,15+,16+,17+,18+,19-,20-,21-,22-,23-,24+,25-,26+,27+,28-,29+,30+,31+,32+,33+,34-,35-,36-,37+,38?,39-,40-,41+,42-,43+,44-/m0/s1. The lowest BCUT2D eigenvalue weighted by Gasteiger charge is -2.51. The third kappa shape index (κ3) is 13.5. The molecular formula is C44H75NO35. The molecule has 0 aromatic carbocycles. The molecule has 22 N–H and O–H groups in total. The molecule has 1 amide bonds. The van der Waals surface area contributed by atoms with Gasteiger partial charge in [-0.15, -0.1) is 0 Å². The average molecular weight is 1180 g/mol. The molecule has 80 heavy (non-hydrogen) atoms. The van der Waals surface area contributed by atoms with Gasteiger partial charge in [0, 0.05) is 6.92 Å². The maximum Gasteiger partial charge on any atom is 0.217 e. The van der Waals surface area contributed by atoms with Crippen molar-refractivity contribution in [3.63, 3.8) is 0 Å². The first kappa shape index (κ1) is 65.6. The fourth-order valence-electron chi connectivity index (χ4n) is 10.3. The van der Waals surface area contributed by atoms with Gasteiger partial charge in [0.25, 0.3) is 0 Å². The lowest BCUT2D eigenvalue weighted by Crippen LogP contribution is -2.71. The summed E-state index contributed by atoms with van der Waals surface area (Å²) in [7, 11) is 0. The molecule has 7 aliphatic heterocycles. The zero-order valence-electron chi connectivity index (χ0n) is 42.6. The Kier molecular flexibility index (Phi) is 23.0. The van der Waals surface area contributed by atoms with E-state index in [9.17, 15) is 112 Å². The summed E-state index contributed by atoms with van der Waals surface area (Å²) in [5.41, 5.74) is 0. The molecule has 1 unspecified atom stereocenters. The summed E-state index contributed by atoms with van der Waals surface area (Å²) in [6.45, 7) is -3.96. The van der Waals surface area contributed by atoms with Gasteiger partial charge in [-0.1, -0.05) is 0 Å². The molecular weight excluding hydrogens is 1100 g/mol. The normalized spacial score (nSPS) is 52.4. The minimum atomic E-state index is -2.32. The molecule has 0 radical (unpaired) electrons. The second kappa shape index (κ2) is 28.1. The van der Waals surface area contributed by atoms with Gasteiger partial charge in [-0.2, -0.15) is 0 Å². The van der Waals surface area contributed by atoms with Crippen molar-refractivity contribution >= 4 is 5.91 Å². The Labute approximate surface area is 452 Å². The molecule has 7 rings (SSSR count). The number of rotatable bonds is 19. The van der Waals surface area contributed by atoms with E-state index in [1.807, 2.05) is 0 Å². The van der Waals surface area contributed by atoms with Gasteiger partial charge in [0.15, 0.2) is 44.0 Å². The Hall–Kier alpha value is -1.89. The molecule has 36 nitrogen and oxygen atoms in total. The van der Waals surface area contributed by atoms with Crippen molar-refractivity contribution in [3.8, 4) is 0 Å². The van der Waals surface area contributed by atoms with E-state index in [4.69, 9.17) is 61.6 Å². The molecule has 7 saturated heterocycles. The minimum absolute atomic E-state index is 0.924. The van der Waals surface area contributed by atoms with Crippen molar-refractivity contribution in [2.45, 2.75) is 229 Å². The van der Waals surface area contributed by atoms with Crippen LogP contribution < -0.4 is 5.32 Å². The van der Waals surface area contributed by atoms with E-state index in [-0.39, 0.29) is 0 Å². The predicted molar refractivity (Wildman–Crippen MR) is 242 cm³/mol. The number of carbonyl (C=O) groups is 1. The van der Waals surface area contributed by atoms with Crippen molar-refractivity contribution < 1.29 is 174 Å². The highest BCUT2D eigenvalue weighted by atomic mass is 16.8. The highest BCUT2D eigenvalue weighted by Crippen LogP contribution is 2.39. The van der Waals surface area contributed by atoms with Crippen LogP contribution in [0.15, 0.2) is 0 Å². The Balaban J connectivity index is 1.19. The van der Waals surface area contributed by atoms with Gasteiger partial charge in [0.2, 0.25) is 5.91 Å². The fourth-order valence-corrected chi connectivity index (χ4v) is 10.3. The summed E-state index contributed by atoms with van der Waals surface area (Å²) >= 11 is 0. The number of amides is 1. The van der Waals surface area contributed by atoms with Crippen LogP contribution in [0.3, 0.4) is 0 Å². The third-order valence-corrected chi connectivity index (χ3v) is 14.9. The first-order chi connectivity index (χ1) is 37.8. The van der Waals surface area contributed by atoms with Crippen molar-refractivity contribution in [1.82, 2.24) is 5.32 Å². The summed E-state index contributed by atoms with van der Waals surface area (Å²) in [6, 6.07) is -1.93. The summed E-state index contributed by atoms with van der Waals surface area (Å²) in [5, 5.41) is 228. The number of aliphatic hydroxyl groups excluding tert-OH is 21. The number of ether oxygens (including phenoxy) is 13. The molecule has 7 heterocycles. The van der Waals surface area contributed by atoms with E-state index in [0.29, 0.717) is 0 Å². The molecule has 0 aromatic rings. The van der Waals surface area contributed by atoms with Crippen LogP contribution in [-0.4, -0.2) is 368 Å². The smallest absolute Gasteiger partial charge is 0.217 e. The molecule has 7 aliphatic rings. The lowest BCUT2D eigenvalue weighted by molar-refractivity contribution is -0.405. The van der Waals surface area contributed by atoms with E-state index in [1.165, 1.54) is 6.92 Å². The zero-order chi connectivity index (χ0) is 58.9. The van der Waals surface area contributed by atoms with Crippen LogP contribution in [-0.2, 0) is 66.4 Å². The van der Waals surface area contributed by atoms with Gasteiger partial charge in [0.05, 0.1) is 45.7 Å². The SMILES string of the molecule is CC(=O)N[C@H]1[C@H](O[C@H]2[C@@H](O)[C@@H](CO)O[C@H](O[C@H]3[C@@H](O)[C@@H](CO)O[C@@H](O[C@H]4[C@H](O)[C@@H](O)C(O)O[C@@H]4CO)[C@@H]3O)[C@@H]2O)O[C@H](CO)[C@H](O)[C@@H]1O[C@@H]1O[C@H](CO)[C@H](O)[C@H](O[C@H]2O[C@H](CO)[C@H](O)[C@H](O)[C@H]2O)[C@H]1O[C@@H]1O[C@@H](C)[C@@H](O)[C@@H](O)[C@@H]1O. The van der Waals surface area contributed by atoms with Crippen LogP contribution in [0.5, 0.6) is 0 Å². The Morgan fingerprint density at radius 2 is 0.675 bits per heavy atom. The monoisotopic (exact) mass is 1180 g/mol. The van der Waals surface area contributed by atoms with E-state index < -0.39 is 260 Å². The number of hydrogen-bond donors (Lipinski definition) is 22. The van der Waals surface area contributed by atoms with Gasteiger partial charge >= 0.3 is 0 Å². The molecule has 466 valence electrons. The number of carbonyl (C=O) groups excluding carboxylic acids is 1. The summed E-state index contributed by atoms with van der Waals surface area (Å²) in [6.07, 6.45) is -67.3. The summed E-state index contributed by atoms with van der Waals surface area (Å²) in [5.74, 6) is -0.941. The maximum atomic E-state index is 13.0. The second-order valence-corrected chi connectivity index (χ2v) is 20.3. The topological polar surface area (TPSA) is 574 Å². The quantitative estimate of drug-likeness (QED) is 0.0571. The Morgan fingerprint density at radius 1 is 0.325 bits per heavy atom. The molecule has 0 aliphatic carbocycles. The average Bonchev–Trinajstić information content (AvgIpc) is 3.43. The molecule has 7 fully saturated rings. The van der Waals surface area contributed by atoms with Crippen molar-refractivity contribution in [1.29, 1.82) is 0 Å².